The van der Waals surface area contributed by atoms with Crippen molar-refractivity contribution in [2.75, 3.05) is 6.54 Å². The molecular weight excluding hydrogens is 420 g/mol. The summed E-state index contributed by atoms with van der Waals surface area (Å²) in [6.07, 6.45) is 0.729. The van der Waals surface area contributed by atoms with Crippen molar-refractivity contribution >= 4 is 11.8 Å². The third kappa shape index (κ3) is 7.58. The Morgan fingerprint density at radius 2 is 1.38 bits per heavy atom. The number of nitrogens with zero attached hydrogens (tertiary/aromatic N) is 1. The summed E-state index contributed by atoms with van der Waals surface area (Å²) in [5.74, 6) is 0.171. The maximum absolute atomic E-state index is 13.7. The predicted octanol–water partition coefficient (Wildman–Crippen LogP) is 5.26. The summed E-state index contributed by atoms with van der Waals surface area (Å²) in [4.78, 5) is 29.0. The monoisotopic (exact) mass is 456 g/mol. The first-order chi connectivity index (χ1) is 16.3. The Morgan fingerprint density at radius 3 is 2.00 bits per heavy atom. The number of aryl methyl sites for hydroxylation is 2. The van der Waals surface area contributed by atoms with E-state index in [1.165, 1.54) is 0 Å². The van der Waals surface area contributed by atoms with Crippen molar-refractivity contribution < 1.29 is 9.59 Å². The van der Waals surface area contributed by atoms with Gasteiger partial charge in [0.2, 0.25) is 11.8 Å². The van der Waals surface area contributed by atoms with Crippen LogP contribution in [0.5, 0.6) is 0 Å². The molecule has 0 saturated carbocycles. The van der Waals surface area contributed by atoms with Crippen LogP contribution in [0.3, 0.4) is 0 Å². The van der Waals surface area contributed by atoms with Crippen molar-refractivity contribution in [3.63, 3.8) is 0 Å². The van der Waals surface area contributed by atoms with E-state index in [2.05, 4.69) is 25.2 Å². The van der Waals surface area contributed by atoms with Gasteiger partial charge in [-0.1, -0.05) is 104 Å². The third-order valence-electron chi connectivity index (χ3n) is 5.83. The second kappa shape index (κ2) is 12.2. The highest BCUT2D eigenvalue weighted by Crippen LogP contribution is 2.18. The highest BCUT2D eigenvalue weighted by atomic mass is 16.2. The topological polar surface area (TPSA) is 49.4 Å². The number of carbonyl (C=O) groups is 2. The van der Waals surface area contributed by atoms with Gasteiger partial charge in [0.1, 0.15) is 6.04 Å². The Kier molecular flexibility index (Phi) is 9.03. The van der Waals surface area contributed by atoms with E-state index in [-0.39, 0.29) is 18.2 Å². The maximum atomic E-state index is 13.7. The lowest BCUT2D eigenvalue weighted by molar-refractivity contribution is -0.140. The molecule has 0 aliphatic carbocycles. The molecular formula is C30H36N2O2. The van der Waals surface area contributed by atoms with E-state index in [1.54, 1.807) is 4.90 Å². The van der Waals surface area contributed by atoms with Gasteiger partial charge in [-0.2, -0.15) is 0 Å². The zero-order valence-corrected chi connectivity index (χ0v) is 20.8. The van der Waals surface area contributed by atoms with Crippen molar-refractivity contribution in [3.05, 3.63) is 107 Å². The van der Waals surface area contributed by atoms with Crippen LogP contribution in [0.4, 0.5) is 0 Å². The number of hydrogen-bond donors (Lipinski definition) is 1. The van der Waals surface area contributed by atoms with E-state index in [1.807, 2.05) is 86.6 Å². The van der Waals surface area contributed by atoms with Crippen LogP contribution in [0.15, 0.2) is 78.9 Å². The molecule has 0 bridgehead atoms. The molecule has 0 aromatic heterocycles. The predicted molar refractivity (Wildman–Crippen MR) is 138 cm³/mol. The molecule has 0 saturated heterocycles. The van der Waals surface area contributed by atoms with Gasteiger partial charge in [-0.3, -0.25) is 9.59 Å². The van der Waals surface area contributed by atoms with E-state index in [4.69, 9.17) is 0 Å². The fourth-order valence-electron chi connectivity index (χ4n) is 4.08. The van der Waals surface area contributed by atoms with Crippen LogP contribution in [-0.4, -0.2) is 29.3 Å². The van der Waals surface area contributed by atoms with Crippen molar-refractivity contribution in [2.24, 2.45) is 5.92 Å². The number of hydrogen-bond acceptors (Lipinski definition) is 2. The summed E-state index contributed by atoms with van der Waals surface area (Å²) in [5, 5.41) is 3.08. The summed E-state index contributed by atoms with van der Waals surface area (Å²) in [6, 6.07) is 25.5. The second-order valence-electron chi connectivity index (χ2n) is 9.52. The molecule has 0 heterocycles. The van der Waals surface area contributed by atoms with E-state index >= 15 is 0 Å². The molecule has 0 fully saturated rings. The second-order valence-corrected chi connectivity index (χ2v) is 9.52. The minimum Gasteiger partial charge on any atom is -0.354 e. The molecule has 3 aromatic carbocycles. The first-order valence-corrected chi connectivity index (χ1v) is 12.0. The summed E-state index contributed by atoms with van der Waals surface area (Å²) in [7, 11) is 0. The van der Waals surface area contributed by atoms with Gasteiger partial charge in [-0.05, 0) is 36.5 Å². The molecule has 34 heavy (non-hydrogen) atoms. The zero-order valence-electron chi connectivity index (χ0n) is 20.8. The molecule has 0 aliphatic heterocycles. The SMILES string of the molecule is Cc1cccc(CC(=O)N(Cc2cccc(C)c2)[C@H](Cc2ccccc2)C(=O)NCC(C)C)c1. The Hall–Kier alpha value is -3.40. The van der Waals surface area contributed by atoms with Crippen molar-refractivity contribution in [2.45, 2.75) is 53.1 Å². The van der Waals surface area contributed by atoms with Crippen LogP contribution in [0.2, 0.25) is 0 Å². The highest BCUT2D eigenvalue weighted by Gasteiger charge is 2.30. The fourth-order valence-corrected chi connectivity index (χ4v) is 4.08. The first-order valence-electron chi connectivity index (χ1n) is 12.0. The van der Waals surface area contributed by atoms with Gasteiger partial charge in [0.05, 0.1) is 6.42 Å². The molecule has 0 radical (unpaired) electrons. The quantitative estimate of drug-likeness (QED) is 0.452. The molecule has 0 unspecified atom stereocenters. The van der Waals surface area contributed by atoms with Gasteiger partial charge in [0, 0.05) is 19.5 Å². The zero-order chi connectivity index (χ0) is 24.5. The number of nitrogens with one attached hydrogen (secondary N) is 1. The minimum absolute atomic E-state index is 0.0484. The molecule has 4 nitrogen and oxygen atoms in total. The molecule has 1 N–H and O–H groups in total. The molecule has 178 valence electrons. The van der Waals surface area contributed by atoms with Gasteiger partial charge in [-0.15, -0.1) is 0 Å². The number of rotatable bonds is 10. The first kappa shape index (κ1) is 25.2. The largest absolute Gasteiger partial charge is 0.354 e. The number of benzene rings is 3. The van der Waals surface area contributed by atoms with Crippen LogP contribution >= 0.6 is 0 Å². The van der Waals surface area contributed by atoms with E-state index in [0.717, 1.165) is 27.8 Å². The standard InChI is InChI=1S/C30H36N2O2/c1-22(2)20-31-30(34)28(18-25-12-6-5-7-13-25)32(21-27-15-9-11-24(4)17-27)29(33)19-26-14-8-10-23(3)16-26/h5-17,22,28H,18-21H2,1-4H3,(H,31,34)/t28-/m1/s1. The normalized spacial score (nSPS) is 11.8. The lowest BCUT2D eigenvalue weighted by Crippen LogP contribution is -2.51. The lowest BCUT2D eigenvalue weighted by Gasteiger charge is -2.32. The fraction of sp³-hybridized carbons (Fsp3) is 0.333. The van der Waals surface area contributed by atoms with Crippen LogP contribution in [-0.2, 0) is 29.0 Å². The summed E-state index contributed by atoms with van der Waals surface area (Å²) in [5.41, 5.74) is 5.26. The molecule has 0 spiro atoms. The number of amides is 2. The Morgan fingerprint density at radius 1 is 0.794 bits per heavy atom. The molecule has 3 rings (SSSR count). The average Bonchev–Trinajstić information content (AvgIpc) is 2.80. The van der Waals surface area contributed by atoms with Gasteiger partial charge in [-0.25, -0.2) is 0 Å². The Labute approximate surface area is 204 Å². The summed E-state index contributed by atoms with van der Waals surface area (Å²) in [6.45, 7) is 9.17. The Balaban J connectivity index is 1.96. The number of carbonyl (C=O) groups excluding carboxylic acids is 2. The Bertz CT molecular complexity index is 1090. The molecule has 2 amide bonds. The van der Waals surface area contributed by atoms with E-state index in [9.17, 15) is 9.59 Å². The highest BCUT2D eigenvalue weighted by molar-refractivity contribution is 5.88. The maximum Gasteiger partial charge on any atom is 0.243 e. The van der Waals surface area contributed by atoms with E-state index < -0.39 is 6.04 Å². The van der Waals surface area contributed by atoms with Gasteiger partial charge in [0.15, 0.2) is 0 Å². The molecule has 0 aliphatic rings. The van der Waals surface area contributed by atoms with Crippen LogP contribution in [0.1, 0.15) is 41.7 Å². The van der Waals surface area contributed by atoms with Crippen LogP contribution < -0.4 is 5.32 Å². The molecule has 1 atom stereocenters. The van der Waals surface area contributed by atoms with Crippen LogP contribution in [0.25, 0.3) is 0 Å². The third-order valence-corrected chi connectivity index (χ3v) is 5.83. The van der Waals surface area contributed by atoms with Gasteiger partial charge < -0.3 is 10.2 Å². The summed E-state index contributed by atoms with van der Waals surface area (Å²) >= 11 is 0. The lowest BCUT2D eigenvalue weighted by atomic mass is 10.0. The average molecular weight is 457 g/mol. The smallest absolute Gasteiger partial charge is 0.243 e. The molecule has 4 heteroatoms. The molecule has 3 aromatic rings. The van der Waals surface area contributed by atoms with E-state index in [0.29, 0.717) is 25.4 Å². The summed E-state index contributed by atoms with van der Waals surface area (Å²) < 4.78 is 0. The van der Waals surface area contributed by atoms with Crippen molar-refractivity contribution in [1.29, 1.82) is 0 Å². The van der Waals surface area contributed by atoms with Gasteiger partial charge >= 0.3 is 0 Å². The van der Waals surface area contributed by atoms with Crippen molar-refractivity contribution in [1.82, 2.24) is 10.2 Å². The van der Waals surface area contributed by atoms with Crippen LogP contribution in [0, 0.1) is 19.8 Å². The minimum atomic E-state index is -0.598. The van der Waals surface area contributed by atoms with Gasteiger partial charge in [0.25, 0.3) is 0 Å². The van der Waals surface area contributed by atoms with Crippen molar-refractivity contribution in [3.8, 4) is 0 Å².